The number of methoxy groups -OCH3 is 1. The molecule has 0 spiro atoms. The van der Waals surface area contributed by atoms with Gasteiger partial charge in [0.2, 0.25) is 0 Å². The van der Waals surface area contributed by atoms with Gasteiger partial charge in [-0.2, -0.15) is 0 Å². The average Bonchev–Trinajstić information content (AvgIpc) is 2.74. The third-order valence-electron chi connectivity index (χ3n) is 4.97. The Morgan fingerprint density at radius 2 is 1.93 bits per heavy atom. The van der Waals surface area contributed by atoms with E-state index in [0.29, 0.717) is 18.1 Å². The molecule has 9 nitrogen and oxygen atoms in total. The summed E-state index contributed by atoms with van der Waals surface area (Å²) in [5.74, 6) is 0.123. The normalized spacial score (nSPS) is 14.3. The molecule has 0 atom stereocenters. The van der Waals surface area contributed by atoms with Gasteiger partial charge in [0.15, 0.2) is 0 Å². The van der Waals surface area contributed by atoms with E-state index in [0.717, 1.165) is 49.7 Å². The lowest BCUT2D eigenvalue weighted by atomic mass is 10.2. The SMILES string of the molecule is CCNC(=O)Nc1cc(CN2CCN(c3ccc(C(=O)OC)nc3C)CC2)ccn1. The molecule has 0 radical (unpaired) electrons. The van der Waals surface area contributed by atoms with Crippen LogP contribution >= 0.6 is 0 Å². The summed E-state index contributed by atoms with van der Waals surface area (Å²) < 4.78 is 4.74. The van der Waals surface area contributed by atoms with Gasteiger partial charge in [0.25, 0.3) is 0 Å². The number of anilines is 2. The summed E-state index contributed by atoms with van der Waals surface area (Å²) >= 11 is 0. The van der Waals surface area contributed by atoms with Crippen LogP contribution in [-0.4, -0.2) is 66.7 Å². The highest BCUT2D eigenvalue weighted by molar-refractivity contribution is 5.88. The summed E-state index contributed by atoms with van der Waals surface area (Å²) in [5, 5.41) is 5.44. The maximum absolute atomic E-state index is 11.7. The van der Waals surface area contributed by atoms with E-state index in [4.69, 9.17) is 4.74 Å². The number of piperazine rings is 1. The highest BCUT2D eigenvalue weighted by Crippen LogP contribution is 2.21. The molecule has 160 valence electrons. The highest BCUT2D eigenvalue weighted by Gasteiger charge is 2.20. The molecule has 30 heavy (non-hydrogen) atoms. The Morgan fingerprint density at radius 3 is 2.60 bits per heavy atom. The van der Waals surface area contributed by atoms with Crippen LogP contribution in [0.15, 0.2) is 30.5 Å². The number of hydrogen-bond acceptors (Lipinski definition) is 7. The second-order valence-corrected chi connectivity index (χ2v) is 7.09. The third kappa shape index (κ3) is 5.44. The second-order valence-electron chi connectivity index (χ2n) is 7.09. The van der Waals surface area contributed by atoms with Crippen LogP contribution in [0.5, 0.6) is 0 Å². The van der Waals surface area contributed by atoms with Crippen molar-refractivity contribution in [1.82, 2.24) is 20.2 Å². The molecule has 0 aromatic carbocycles. The molecular weight excluding hydrogens is 384 g/mol. The monoisotopic (exact) mass is 412 g/mol. The minimum absolute atomic E-state index is 0.252. The van der Waals surface area contributed by atoms with Crippen LogP contribution in [0.25, 0.3) is 0 Å². The van der Waals surface area contributed by atoms with Crippen LogP contribution in [0.3, 0.4) is 0 Å². The number of rotatable bonds is 6. The van der Waals surface area contributed by atoms with Crippen LogP contribution in [0.2, 0.25) is 0 Å². The lowest BCUT2D eigenvalue weighted by Gasteiger charge is -2.36. The first kappa shape index (κ1) is 21.5. The predicted molar refractivity (Wildman–Crippen MR) is 115 cm³/mol. The first-order chi connectivity index (χ1) is 14.5. The van der Waals surface area contributed by atoms with Gasteiger partial charge >= 0.3 is 12.0 Å². The Bertz CT molecular complexity index is 896. The Labute approximate surface area is 176 Å². The largest absolute Gasteiger partial charge is 0.464 e. The van der Waals surface area contributed by atoms with Gasteiger partial charge in [0, 0.05) is 45.5 Å². The molecule has 9 heteroatoms. The highest BCUT2D eigenvalue weighted by atomic mass is 16.5. The Balaban J connectivity index is 1.56. The fourth-order valence-corrected chi connectivity index (χ4v) is 3.47. The number of carbonyl (C=O) groups excluding carboxylic acids is 2. The zero-order valence-electron chi connectivity index (χ0n) is 17.6. The number of pyridine rings is 2. The zero-order chi connectivity index (χ0) is 21.5. The van der Waals surface area contributed by atoms with E-state index in [1.54, 1.807) is 12.3 Å². The second kappa shape index (κ2) is 10.0. The smallest absolute Gasteiger partial charge is 0.356 e. The zero-order valence-corrected chi connectivity index (χ0v) is 17.6. The molecule has 3 rings (SSSR count). The van der Waals surface area contributed by atoms with Gasteiger partial charge in [-0.15, -0.1) is 0 Å². The fourth-order valence-electron chi connectivity index (χ4n) is 3.47. The molecule has 0 saturated carbocycles. The first-order valence-electron chi connectivity index (χ1n) is 10.0. The van der Waals surface area contributed by atoms with Crippen LogP contribution in [-0.2, 0) is 11.3 Å². The molecule has 2 aromatic heterocycles. The molecule has 0 unspecified atom stereocenters. The summed E-state index contributed by atoms with van der Waals surface area (Å²) in [5.41, 5.74) is 3.29. The Kier molecular flexibility index (Phi) is 7.18. The summed E-state index contributed by atoms with van der Waals surface area (Å²) in [4.78, 5) is 36.6. The molecule has 1 fully saturated rings. The van der Waals surface area contributed by atoms with Crippen molar-refractivity contribution in [2.24, 2.45) is 0 Å². The van der Waals surface area contributed by atoms with Crippen molar-refractivity contribution < 1.29 is 14.3 Å². The molecule has 3 heterocycles. The molecule has 2 amide bonds. The van der Waals surface area contributed by atoms with Crippen LogP contribution in [0, 0.1) is 6.92 Å². The number of urea groups is 1. The molecule has 1 aliphatic rings. The quantitative estimate of drug-likeness (QED) is 0.701. The van der Waals surface area contributed by atoms with E-state index in [1.165, 1.54) is 7.11 Å². The van der Waals surface area contributed by atoms with Crippen LogP contribution < -0.4 is 15.5 Å². The molecule has 2 N–H and O–H groups in total. The number of amides is 2. The van der Waals surface area contributed by atoms with E-state index in [-0.39, 0.29) is 6.03 Å². The number of aryl methyl sites for hydroxylation is 1. The number of hydrogen-bond donors (Lipinski definition) is 2. The van der Waals surface area contributed by atoms with Crippen molar-refractivity contribution in [1.29, 1.82) is 0 Å². The van der Waals surface area contributed by atoms with Crippen molar-refractivity contribution in [3.05, 3.63) is 47.4 Å². The van der Waals surface area contributed by atoms with Gasteiger partial charge in [-0.3, -0.25) is 10.2 Å². The molecule has 0 aliphatic carbocycles. The van der Waals surface area contributed by atoms with E-state index in [2.05, 4.69) is 30.4 Å². The maximum atomic E-state index is 11.7. The first-order valence-corrected chi connectivity index (χ1v) is 10.0. The van der Waals surface area contributed by atoms with Gasteiger partial charge in [-0.1, -0.05) is 0 Å². The topological polar surface area (TPSA) is 99.7 Å². The predicted octanol–water partition coefficient (Wildman–Crippen LogP) is 2.04. The number of aromatic nitrogens is 2. The fraction of sp³-hybridized carbons (Fsp3) is 0.429. The molecule has 1 aliphatic heterocycles. The van der Waals surface area contributed by atoms with Crippen LogP contribution in [0.4, 0.5) is 16.3 Å². The van der Waals surface area contributed by atoms with Crippen molar-refractivity contribution in [3.63, 3.8) is 0 Å². The van der Waals surface area contributed by atoms with Gasteiger partial charge in [-0.05, 0) is 43.7 Å². The van der Waals surface area contributed by atoms with Gasteiger partial charge in [0.1, 0.15) is 11.5 Å². The van der Waals surface area contributed by atoms with Crippen LogP contribution in [0.1, 0.15) is 28.7 Å². The van der Waals surface area contributed by atoms with E-state index >= 15 is 0 Å². The lowest BCUT2D eigenvalue weighted by Crippen LogP contribution is -2.46. The number of esters is 1. The Hall–Kier alpha value is -3.20. The van der Waals surface area contributed by atoms with Crippen molar-refractivity contribution in [2.45, 2.75) is 20.4 Å². The summed E-state index contributed by atoms with van der Waals surface area (Å²) in [6.07, 6.45) is 1.71. The minimum atomic E-state index is -0.423. The van der Waals surface area contributed by atoms with Crippen molar-refractivity contribution in [2.75, 3.05) is 50.1 Å². The molecule has 0 bridgehead atoms. The van der Waals surface area contributed by atoms with Crippen molar-refractivity contribution in [3.8, 4) is 0 Å². The lowest BCUT2D eigenvalue weighted by molar-refractivity contribution is 0.0594. The average molecular weight is 412 g/mol. The molecule has 2 aromatic rings. The standard InChI is InChI=1S/C21H28N6O3/c1-4-22-21(29)25-19-13-16(7-8-23-19)14-26-9-11-27(12-10-26)18-6-5-17(20(28)30-3)24-15(18)2/h5-8,13H,4,9-12,14H2,1-3H3,(H2,22,23,25,29). The number of nitrogens with zero attached hydrogens (tertiary/aromatic N) is 4. The van der Waals surface area contributed by atoms with E-state index in [1.807, 2.05) is 32.0 Å². The number of carbonyl (C=O) groups is 2. The minimum Gasteiger partial charge on any atom is -0.464 e. The number of ether oxygens (including phenoxy) is 1. The molecular formula is C21H28N6O3. The van der Waals surface area contributed by atoms with Gasteiger partial charge in [0.05, 0.1) is 18.5 Å². The van der Waals surface area contributed by atoms with E-state index < -0.39 is 5.97 Å². The summed E-state index contributed by atoms with van der Waals surface area (Å²) in [6, 6.07) is 7.27. The van der Waals surface area contributed by atoms with Crippen molar-refractivity contribution >= 4 is 23.5 Å². The van der Waals surface area contributed by atoms with Gasteiger partial charge in [-0.25, -0.2) is 19.6 Å². The van der Waals surface area contributed by atoms with Gasteiger partial charge < -0.3 is 15.0 Å². The summed E-state index contributed by atoms with van der Waals surface area (Å²) in [6.45, 7) is 8.68. The van der Waals surface area contributed by atoms with E-state index in [9.17, 15) is 9.59 Å². The number of nitrogens with one attached hydrogen (secondary N) is 2. The summed E-state index contributed by atoms with van der Waals surface area (Å²) in [7, 11) is 1.36. The Morgan fingerprint density at radius 1 is 1.17 bits per heavy atom. The molecule has 1 saturated heterocycles. The third-order valence-corrected chi connectivity index (χ3v) is 4.97. The maximum Gasteiger partial charge on any atom is 0.356 e.